The molecule has 2 rings (SSSR count). The zero-order chi connectivity index (χ0) is 18.7. The van der Waals surface area contributed by atoms with Crippen LogP contribution >= 0.6 is 0 Å². The van der Waals surface area contributed by atoms with Gasteiger partial charge in [-0.15, -0.1) is 0 Å². The highest BCUT2D eigenvalue weighted by Gasteiger charge is 2.74. The van der Waals surface area contributed by atoms with E-state index in [1.54, 1.807) is 0 Å². The molecule has 0 aromatic carbocycles. The second-order valence-electron chi connectivity index (χ2n) is 4.69. The molecule has 3 nitrogen and oxygen atoms in total. The Morgan fingerprint density at radius 3 is 1.92 bits per heavy atom. The zero-order valence-electron chi connectivity index (χ0n) is 11.3. The lowest BCUT2D eigenvalue weighted by Gasteiger charge is -2.27. The molecule has 0 aliphatic carbocycles. The highest BCUT2D eigenvalue weighted by Crippen LogP contribution is 2.51. The molecule has 2 aromatic rings. The molecular weight excluding hydrogens is 364 g/mol. The minimum atomic E-state index is -6.59. The Morgan fingerprint density at radius 2 is 1.46 bits per heavy atom. The van der Waals surface area contributed by atoms with E-state index in [9.17, 15) is 43.9 Å². The second-order valence-corrected chi connectivity index (χ2v) is 4.69. The van der Waals surface area contributed by atoms with Gasteiger partial charge in [-0.25, -0.2) is 9.97 Å². The van der Waals surface area contributed by atoms with Gasteiger partial charge in [0.15, 0.2) is 5.69 Å². The largest absolute Gasteiger partial charge is 0.460 e. The van der Waals surface area contributed by atoms with Gasteiger partial charge in [0.25, 0.3) is 0 Å². The number of imidazole rings is 1. The predicted molar refractivity (Wildman–Crippen MR) is 57.6 cm³/mol. The molecule has 0 amide bonds. The third-order valence-electron chi connectivity index (χ3n) is 3.03. The Bertz CT molecular complexity index is 771. The summed E-state index contributed by atoms with van der Waals surface area (Å²) in [5.74, 6) is -12.3. The zero-order valence-corrected chi connectivity index (χ0v) is 11.3. The van der Waals surface area contributed by atoms with Gasteiger partial charge >= 0.3 is 24.2 Å². The van der Waals surface area contributed by atoms with Crippen LogP contribution in [0.4, 0.5) is 43.9 Å². The van der Waals surface area contributed by atoms with Crippen LogP contribution in [0.3, 0.4) is 0 Å². The van der Waals surface area contributed by atoms with Crippen molar-refractivity contribution in [3.8, 4) is 0 Å². The quantitative estimate of drug-likeness (QED) is 0.737. The fourth-order valence-corrected chi connectivity index (χ4v) is 1.92. The molecule has 0 fully saturated rings. The molecule has 2 aromatic heterocycles. The van der Waals surface area contributed by atoms with Crippen molar-refractivity contribution in [2.24, 2.45) is 0 Å². The van der Waals surface area contributed by atoms with E-state index < -0.39 is 46.9 Å². The molecule has 0 aliphatic rings. The maximum absolute atomic E-state index is 13.5. The predicted octanol–water partition coefficient (Wildman–Crippen LogP) is 4.35. The van der Waals surface area contributed by atoms with E-state index in [1.165, 1.54) is 0 Å². The number of fused-ring (bicyclic) bond motifs is 1. The van der Waals surface area contributed by atoms with Crippen molar-refractivity contribution in [1.82, 2.24) is 14.4 Å². The highest BCUT2D eigenvalue weighted by molar-refractivity contribution is 5.45. The average Bonchev–Trinajstić information content (AvgIpc) is 2.71. The second kappa shape index (κ2) is 4.96. The molecule has 0 aliphatic heterocycles. The fraction of sp³-hybridized carbons (Fsp3) is 0.455. The minimum Gasteiger partial charge on any atom is -0.279 e. The lowest BCUT2D eigenvalue weighted by molar-refractivity contribution is -0.360. The summed E-state index contributed by atoms with van der Waals surface area (Å²) in [6.45, 7) is 0.859. The summed E-state index contributed by atoms with van der Waals surface area (Å²) in [4.78, 5) is 5.88. The summed E-state index contributed by atoms with van der Waals surface area (Å²) in [5.41, 5.74) is -5.06. The van der Waals surface area contributed by atoms with Gasteiger partial charge in [0.1, 0.15) is 17.7 Å². The van der Waals surface area contributed by atoms with Crippen LogP contribution in [0.25, 0.3) is 5.65 Å². The van der Waals surface area contributed by atoms with Crippen molar-refractivity contribution in [3.05, 3.63) is 29.5 Å². The molecule has 0 spiro atoms. The topological polar surface area (TPSA) is 30.2 Å². The van der Waals surface area contributed by atoms with Crippen LogP contribution in [0.2, 0.25) is 0 Å². The van der Waals surface area contributed by atoms with Gasteiger partial charge in [0.2, 0.25) is 0 Å². The molecule has 0 saturated carbocycles. The van der Waals surface area contributed by atoms with Crippen LogP contribution in [0, 0.1) is 6.92 Å². The summed E-state index contributed by atoms with van der Waals surface area (Å²) < 4.78 is 128. The molecule has 0 radical (unpaired) electrons. The lowest BCUT2D eigenvalue weighted by atomic mass is 10.1. The number of hydrogen-bond acceptors (Lipinski definition) is 2. The Kier molecular flexibility index (Phi) is 3.77. The smallest absolute Gasteiger partial charge is 0.279 e. The van der Waals surface area contributed by atoms with E-state index in [1.807, 2.05) is 0 Å². The van der Waals surface area contributed by atoms with Gasteiger partial charge < -0.3 is 0 Å². The van der Waals surface area contributed by atoms with Gasteiger partial charge in [-0.1, -0.05) is 0 Å². The number of aromatic nitrogens is 3. The first-order chi connectivity index (χ1) is 10.6. The highest BCUT2D eigenvalue weighted by atomic mass is 19.4. The summed E-state index contributed by atoms with van der Waals surface area (Å²) in [6, 6.07) is -0.0537. The SMILES string of the molecule is Cc1nc2cc(C(F)(F)C(F)(F)C(F)(F)F)ncn2c1C(F)(F)F. The van der Waals surface area contributed by atoms with E-state index in [2.05, 4.69) is 9.97 Å². The number of rotatable bonds is 2. The first-order valence-corrected chi connectivity index (χ1v) is 5.85. The van der Waals surface area contributed by atoms with Gasteiger partial charge in [0, 0.05) is 6.07 Å². The van der Waals surface area contributed by atoms with Crippen LogP contribution in [0.15, 0.2) is 12.4 Å². The van der Waals surface area contributed by atoms with Crippen molar-refractivity contribution in [2.75, 3.05) is 0 Å². The number of aryl methyl sites for hydroxylation is 1. The summed E-state index contributed by atoms with van der Waals surface area (Å²) in [6.07, 6.45) is -11.5. The van der Waals surface area contributed by atoms with Crippen LogP contribution in [0.1, 0.15) is 17.1 Å². The van der Waals surface area contributed by atoms with E-state index in [4.69, 9.17) is 0 Å². The third kappa shape index (κ3) is 2.55. The van der Waals surface area contributed by atoms with Crippen LogP contribution in [-0.4, -0.2) is 26.5 Å². The Morgan fingerprint density at radius 1 is 0.917 bits per heavy atom. The monoisotopic (exact) mass is 369 g/mol. The van der Waals surface area contributed by atoms with E-state index in [0.29, 0.717) is 0 Å². The van der Waals surface area contributed by atoms with E-state index in [0.717, 1.165) is 6.92 Å². The standard InChI is InChI=1S/C11H5F10N3/c1-4-7(9(14,15)16)24-3-22-5(2-6(24)23-4)8(12,13)10(17,18)11(19,20)21/h2-3H,1H3. The average molecular weight is 369 g/mol. The van der Waals surface area contributed by atoms with Crippen LogP contribution in [0.5, 0.6) is 0 Å². The molecule has 134 valence electrons. The van der Waals surface area contributed by atoms with Crippen LogP contribution in [-0.2, 0) is 12.1 Å². The van der Waals surface area contributed by atoms with Gasteiger partial charge in [0.05, 0.1) is 5.69 Å². The van der Waals surface area contributed by atoms with E-state index in [-0.39, 0.29) is 16.8 Å². The molecule has 0 bridgehead atoms. The summed E-state index contributed by atoms with van der Waals surface area (Å²) in [7, 11) is 0. The van der Waals surface area contributed by atoms with Gasteiger partial charge in [-0.2, -0.15) is 43.9 Å². The molecule has 0 unspecified atom stereocenters. The minimum absolute atomic E-state index is 0.0537. The fourth-order valence-electron chi connectivity index (χ4n) is 1.92. The number of halogens is 10. The number of nitrogens with zero attached hydrogens (tertiary/aromatic N) is 3. The van der Waals surface area contributed by atoms with Crippen molar-refractivity contribution in [3.63, 3.8) is 0 Å². The molecule has 0 saturated heterocycles. The molecule has 24 heavy (non-hydrogen) atoms. The molecule has 13 heteroatoms. The maximum atomic E-state index is 13.5. The van der Waals surface area contributed by atoms with Gasteiger partial charge in [-0.3, -0.25) is 4.40 Å². The van der Waals surface area contributed by atoms with E-state index >= 15 is 0 Å². The summed E-state index contributed by atoms with van der Waals surface area (Å²) in [5, 5.41) is 0. The third-order valence-corrected chi connectivity index (χ3v) is 3.03. The number of hydrogen-bond donors (Lipinski definition) is 0. The Hall–Kier alpha value is -2.08. The Balaban J connectivity index is 2.65. The molecule has 2 heterocycles. The first kappa shape index (κ1) is 18.3. The summed E-state index contributed by atoms with van der Waals surface area (Å²) >= 11 is 0. The van der Waals surface area contributed by atoms with Crippen molar-refractivity contribution in [1.29, 1.82) is 0 Å². The van der Waals surface area contributed by atoms with Crippen molar-refractivity contribution < 1.29 is 43.9 Å². The van der Waals surface area contributed by atoms with Crippen molar-refractivity contribution >= 4 is 5.65 Å². The normalized spacial score (nSPS) is 14.5. The first-order valence-electron chi connectivity index (χ1n) is 5.85. The van der Waals surface area contributed by atoms with Crippen molar-refractivity contribution in [2.45, 2.75) is 31.1 Å². The number of alkyl halides is 10. The van der Waals surface area contributed by atoms with Crippen LogP contribution < -0.4 is 0 Å². The molecule has 0 N–H and O–H groups in total. The molecule has 0 atom stereocenters. The maximum Gasteiger partial charge on any atom is 0.460 e. The Labute approximate surface area is 125 Å². The lowest BCUT2D eigenvalue weighted by Crippen LogP contribution is -2.50. The van der Waals surface area contributed by atoms with Gasteiger partial charge in [-0.05, 0) is 6.92 Å². The molecular formula is C11H5F10N3.